The van der Waals surface area contributed by atoms with Gasteiger partial charge in [-0.1, -0.05) is 33.8 Å². The van der Waals surface area contributed by atoms with Gasteiger partial charge in [-0.25, -0.2) is 4.79 Å². The molecule has 1 aliphatic heterocycles. The number of fused-ring (bicyclic) bond motifs is 1. The number of hydrogen-bond donors (Lipinski definition) is 2. The topological polar surface area (TPSA) is 58.6 Å². The number of aliphatic hydroxyl groups excluding tert-OH is 1. The molecule has 0 amide bonds. The molecule has 0 aromatic heterocycles. The highest BCUT2D eigenvalue weighted by Gasteiger charge is 2.55. The van der Waals surface area contributed by atoms with Crippen LogP contribution in [0.3, 0.4) is 0 Å². The monoisotopic (exact) mass is 349 g/mol. The van der Waals surface area contributed by atoms with E-state index in [9.17, 15) is 9.90 Å². The number of cyclic esters (lactones) is 1. The Morgan fingerprint density at radius 2 is 2.00 bits per heavy atom. The highest BCUT2D eigenvalue weighted by atomic mass is 16.6. The third-order valence-electron chi connectivity index (χ3n) is 7.86. The van der Waals surface area contributed by atoms with Crippen molar-refractivity contribution in [3.8, 4) is 0 Å². The third-order valence-corrected chi connectivity index (χ3v) is 7.86. The summed E-state index contributed by atoms with van der Waals surface area (Å²) in [5.74, 6) is 1.58. The Balaban J connectivity index is 1.87. The molecule has 2 N–H and O–H groups in total. The molecule has 25 heavy (non-hydrogen) atoms. The normalized spacial score (nSPS) is 45.3. The van der Waals surface area contributed by atoms with Crippen LogP contribution >= 0.6 is 0 Å². The molecule has 2 saturated carbocycles. The Hall–Kier alpha value is -0.870. The van der Waals surface area contributed by atoms with Crippen molar-refractivity contribution in [3.63, 3.8) is 0 Å². The van der Waals surface area contributed by atoms with E-state index in [0.717, 1.165) is 12.3 Å². The maximum atomic E-state index is 11.9. The fourth-order valence-corrected chi connectivity index (χ4v) is 6.34. The van der Waals surface area contributed by atoms with E-state index in [4.69, 9.17) is 4.74 Å². The summed E-state index contributed by atoms with van der Waals surface area (Å²) in [5, 5.41) is 13.5. The maximum Gasteiger partial charge on any atom is 0.336 e. The summed E-state index contributed by atoms with van der Waals surface area (Å²) in [6.07, 6.45) is 7.07. The van der Waals surface area contributed by atoms with Crippen molar-refractivity contribution in [3.05, 3.63) is 11.6 Å². The molecule has 1 heterocycles. The molecule has 2 aliphatic carbocycles. The van der Waals surface area contributed by atoms with Gasteiger partial charge in [0.15, 0.2) is 0 Å². The summed E-state index contributed by atoms with van der Waals surface area (Å²) in [7, 11) is 2.09. The average Bonchev–Trinajstić information content (AvgIpc) is 2.85. The van der Waals surface area contributed by atoms with Gasteiger partial charge in [0.2, 0.25) is 0 Å². The highest BCUT2D eigenvalue weighted by molar-refractivity contribution is 5.91. The van der Waals surface area contributed by atoms with Crippen LogP contribution in [-0.2, 0) is 9.53 Å². The van der Waals surface area contributed by atoms with Crippen LogP contribution < -0.4 is 5.32 Å². The molecule has 3 rings (SSSR count). The van der Waals surface area contributed by atoms with E-state index in [0.29, 0.717) is 28.9 Å². The Labute approximate surface area is 152 Å². The lowest BCUT2D eigenvalue weighted by Crippen LogP contribution is -2.56. The van der Waals surface area contributed by atoms with E-state index in [1.165, 1.54) is 25.7 Å². The van der Waals surface area contributed by atoms with E-state index < -0.39 is 6.10 Å². The Morgan fingerprint density at radius 1 is 1.28 bits per heavy atom. The van der Waals surface area contributed by atoms with E-state index >= 15 is 0 Å². The lowest BCUT2D eigenvalue weighted by molar-refractivity contribution is -0.135. The number of nitrogens with one attached hydrogen (secondary N) is 1. The minimum Gasteiger partial charge on any atom is -0.459 e. The van der Waals surface area contributed by atoms with Gasteiger partial charge in [-0.15, -0.1) is 0 Å². The predicted octanol–water partition coefficient (Wildman–Crippen LogP) is 3.30. The van der Waals surface area contributed by atoms with Crippen molar-refractivity contribution in [1.82, 2.24) is 5.32 Å². The van der Waals surface area contributed by atoms with Crippen LogP contribution in [0.25, 0.3) is 0 Å². The van der Waals surface area contributed by atoms with Gasteiger partial charge in [0, 0.05) is 6.04 Å². The van der Waals surface area contributed by atoms with Gasteiger partial charge in [0.05, 0.1) is 5.57 Å². The van der Waals surface area contributed by atoms with Gasteiger partial charge in [-0.05, 0) is 67.7 Å². The van der Waals surface area contributed by atoms with Crippen molar-refractivity contribution in [2.24, 2.45) is 28.6 Å². The Kier molecular flexibility index (Phi) is 5.06. The second-order valence-corrected chi connectivity index (χ2v) is 9.49. The first-order chi connectivity index (χ1) is 11.7. The van der Waals surface area contributed by atoms with Gasteiger partial charge in [-0.3, -0.25) is 0 Å². The molecule has 4 heteroatoms. The molecule has 0 bridgehead atoms. The van der Waals surface area contributed by atoms with Gasteiger partial charge in [0.1, 0.15) is 12.7 Å². The molecule has 0 aromatic rings. The van der Waals surface area contributed by atoms with Gasteiger partial charge < -0.3 is 15.2 Å². The van der Waals surface area contributed by atoms with Gasteiger partial charge >= 0.3 is 5.97 Å². The summed E-state index contributed by atoms with van der Waals surface area (Å²) in [6, 6.07) is 0.616. The first-order valence-corrected chi connectivity index (χ1v) is 9.93. The first kappa shape index (κ1) is 18.9. The number of aliphatic hydroxyl groups is 1. The lowest BCUT2D eigenvalue weighted by Gasteiger charge is -2.60. The van der Waals surface area contributed by atoms with Gasteiger partial charge in [-0.2, -0.15) is 0 Å². The molecule has 3 aliphatic rings. The van der Waals surface area contributed by atoms with Crippen LogP contribution in [0.1, 0.15) is 59.8 Å². The van der Waals surface area contributed by atoms with Crippen molar-refractivity contribution in [2.45, 2.75) is 71.9 Å². The summed E-state index contributed by atoms with van der Waals surface area (Å²) >= 11 is 0. The van der Waals surface area contributed by atoms with Crippen LogP contribution in [0, 0.1) is 28.6 Å². The average molecular weight is 350 g/mol. The molecule has 3 fully saturated rings. The fourth-order valence-electron chi connectivity index (χ4n) is 6.34. The molecule has 0 radical (unpaired) electrons. The van der Waals surface area contributed by atoms with E-state index in [2.05, 4.69) is 40.1 Å². The largest absolute Gasteiger partial charge is 0.459 e. The first-order valence-electron chi connectivity index (χ1n) is 9.93. The van der Waals surface area contributed by atoms with Crippen molar-refractivity contribution < 1.29 is 14.6 Å². The molecule has 4 nitrogen and oxygen atoms in total. The second kappa shape index (κ2) is 6.70. The number of carbonyl (C=O) groups excluding carboxylic acids is 1. The molecule has 6 atom stereocenters. The van der Waals surface area contributed by atoms with E-state index in [1.54, 1.807) is 0 Å². The van der Waals surface area contributed by atoms with E-state index in [1.807, 2.05) is 6.08 Å². The molecule has 1 saturated heterocycles. The zero-order valence-corrected chi connectivity index (χ0v) is 16.5. The second-order valence-electron chi connectivity index (χ2n) is 9.49. The number of allylic oxidation sites excluding steroid dienone is 1. The van der Waals surface area contributed by atoms with Crippen LogP contribution in [0.15, 0.2) is 11.6 Å². The van der Waals surface area contributed by atoms with Crippen LogP contribution in [-0.4, -0.2) is 36.9 Å². The zero-order valence-electron chi connectivity index (χ0n) is 16.5. The smallest absolute Gasteiger partial charge is 0.336 e. The quantitative estimate of drug-likeness (QED) is 0.606. The van der Waals surface area contributed by atoms with Crippen molar-refractivity contribution >= 4 is 5.97 Å². The lowest BCUT2D eigenvalue weighted by atomic mass is 9.45. The molecule has 0 aromatic carbocycles. The van der Waals surface area contributed by atoms with Crippen molar-refractivity contribution in [1.29, 1.82) is 0 Å². The van der Waals surface area contributed by atoms with Crippen molar-refractivity contribution in [2.75, 3.05) is 13.7 Å². The molecular weight excluding hydrogens is 314 g/mol. The number of carbonyl (C=O) groups is 1. The Bertz CT molecular complexity index is 555. The van der Waals surface area contributed by atoms with E-state index in [-0.39, 0.29) is 18.0 Å². The number of ether oxygens (including phenoxy) is 1. The molecule has 0 spiro atoms. The number of hydrogen-bond acceptors (Lipinski definition) is 4. The summed E-state index contributed by atoms with van der Waals surface area (Å²) in [4.78, 5) is 11.9. The van der Waals surface area contributed by atoms with Crippen LogP contribution in [0.2, 0.25) is 0 Å². The maximum absolute atomic E-state index is 11.9. The third kappa shape index (κ3) is 3.16. The summed E-state index contributed by atoms with van der Waals surface area (Å²) < 4.78 is 4.98. The van der Waals surface area contributed by atoms with Crippen LogP contribution in [0.4, 0.5) is 0 Å². The number of esters is 1. The van der Waals surface area contributed by atoms with Gasteiger partial charge in [0.25, 0.3) is 0 Å². The summed E-state index contributed by atoms with van der Waals surface area (Å²) in [5.41, 5.74) is 1.01. The highest BCUT2D eigenvalue weighted by Crippen LogP contribution is 2.61. The summed E-state index contributed by atoms with van der Waals surface area (Å²) in [6.45, 7) is 9.77. The zero-order chi connectivity index (χ0) is 18.4. The minimum absolute atomic E-state index is 0.111. The van der Waals surface area contributed by atoms with Crippen LogP contribution in [0.5, 0.6) is 0 Å². The fraction of sp³-hybridized carbons (Fsp3) is 0.857. The Morgan fingerprint density at radius 3 is 2.60 bits per heavy atom. The predicted molar refractivity (Wildman–Crippen MR) is 99.0 cm³/mol. The molecule has 142 valence electrons. The number of rotatable bonds is 3. The minimum atomic E-state index is -0.748. The molecular formula is C21H35NO3. The SMILES string of the molecule is CN[C@@H]1CC[C@]2(C)[C@H](CCC(C)(C)[C@H]2C/C=C2/C(=O)OC[C@H]2O)[C@H]1C. The molecule has 0 unspecified atom stereocenters. The standard InChI is InChI=1S/C21H35NO3/c1-13-15-8-10-20(2,3)18(21(15,4)11-9-16(13)22-5)7-6-14-17(23)12-25-19(14)24/h6,13,15-18,22-23H,7-12H2,1-5H3/b14-6+/t13-,15-,16-,17-,18-,21-/m1/s1.